The zero-order valence-electron chi connectivity index (χ0n) is 15.4. The number of aliphatic hydroxyl groups excluding tert-OH is 1. The number of likely N-dealkylation sites (tertiary alicyclic amines) is 1. The first-order chi connectivity index (χ1) is 12.6. The summed E-state index contributed by atoms with van der Waals surface area (Å²) in [5.74, 6) is 1.16. The SMILES string of the molecule is COc1cccc([C@H]2CO[C@]3(C2)CN(Cc2ccncc2C)C[C@H]3O)c1. The zero-order valence-corrected chi connectivity index (χ0v) is 15.4. The lowest BCUT2D eigenvalue weighted by atomic mass is 9.87. The van der Waals surface area contributed by atoms with Gasteiger partial charge in [0.2, 0.25) is 0 Å². The van der Waals surface area contributed by atoms with E-state index in [2.05, 4.69) is 35.0 Å². The van der Waals surface area contributed by atoms with Gasteiger partial charge in [-0.25, -0.2) is 0 Å². The highest BCUT2D eigenvalue weighted by molar-refractivity contribution is 5.32. The summed E-state index contributed by atoms with van der Waals surface area (Å²) in [6, 6.07) is 10.2. The van der Waals surface area contributed by atoms with Crippen LogP contribution >= 0.6 is 0 Å². The van der Waals surface area contributed by atoms with Crippen molar-refractivity contribution in [1.82, 2.24) is 9.88 Å². The van der Waals surface area contributed by atoms with Crippen LogP contribution in [0, 0.1) is 6.92 Å². The summed E-state index contributed by atoms with van der Waals surface area (Å²) < 4.78 is 11.6. The van der Waals surface area contributed by atoms with Crippen molar-refractivity contribution in [1.29, 1.82) is 0 Å². The molecule has 1 N–H and O–H groups in total. The van der Waals surface area contributed by atoms with Gasteiger partial charge in [0.1, 0.15) is 11.4 Å². The van der Waals surface area contributed by atoms with Crippen LogP contribution in [0.5, 0.6) is 5.75 Å². The molecule has 2 aliphatic heterocycles. The average molecular weight is 354 g/mol. The molecule has 1 spiro atoms. The van der Waals surface area contributed by atoms with Gasteiger partial charge in [0.25, 0.3) is 0 Å². The second-order valence-electron chi connectivity index (χ2n) is 7.54. The number of ether oxygens (including phenoxy) is 2. The molecule has 1 aromatic heterocycles. The van der Waals surface area contributed by atoms with Gasteiger partial charge in [-0.15, -0.1) is 0 Å². The number of aliphatic hydroxyl groups is 1. The normalized spacial score (nSPS) is 28.7. The average Bonchev–Trinajstić information content (AvgIpc) is 3.21. The van der Waals surface area contributed by atoms with Crippen LogP contribution in [0.1, 0.15) is 29.0 Å². The molecule has 0 radical (unpaired) electrons. The monoisotopic (exact) mass is 354 g/mol. The molecule has 0 amide bonds. The summed E-state index contributed by atoms with van der Waals surface area (Å²) in [7, 11) is 1.69. The third kappa shape index (κ3) is 3.22. The molecule has 2 aliphatic rings. The smallest absolute Gasteiger partial charge is 0.119 e. The Hall–Kier alpha value is -1.95. The lowest BCUT2D eigenvalue weighted by Gasteiger charge is -2.26. The van der Waals surface area contributed by atoms with Gasteiger partial charge >= 0.3 is 0 Å². The minimum absolute atomic E-state index is 0.294. The maximum Gasteiger partial charge on any atom is 0.119 e. The Morgan fingerprint density at radius 2 is 2.27 bits per heavy atom. The van der Waals surface area contributed by atoms with Crippen molar-refractivity contribution in [2.24, 2.45) is 0 Å². The van der Waals surface area contributed by atoms with Gasteiger partial charge in [0.05, 0.1) is 19.8 Å². The van der Waals surface area contributed by atoms with E-state index in [1.807, 2.05) is 24.5 Å². The highest BCUT2D eigenvalue weighted by atomic mass is 16.5. The highest BCUT2D eigenvalue weighted by Crippen LogP contribution is 2.43. The molecule has 5 nitrogen and oxygen atoms in total. The molecule has 138 valence electrons. The van der Waals surface area contributed by atoms with Crippen molar-refractivity contribution in [3.8, 4) is 5.75 Å². The molecule has 26 heavy (non-hydrogen) atoms. The van der Waals surface area contributed by atoms with Gasteiger partial charge in [-0.3, -0.25) is 9.88 Å². The van der Waals surface area contributed by atoms with E-state index in [9.17, 15) is 5.11 Å². The number of benzene rings is 1. The molecule has 4 rings (SSSR count). The van der Waals surface area contributed by atoms with Gasteiger partial charge in [-0.1, -0.05) is 12.1 Å². The van der Waals surface area contributed by atoms with Crippen molar-refractivity contribution in [2.75, 3.05) is 26.8 Å². The van der Waals surface area contributed by atoms with Crippen molar-refractivity contribution in [3.63, 3.8) is 0 Å². The summed E-state index contributed by atoms with van der Waals surface area (Å²) in [6.45, 7) is 4.95. The first kappa shape index (κ1) is 17.5. The molecule has 2 saturated heterocycles. The molecule has 1 aromatic carbocycles. The fraction of sp³-hybridized carbons (Fsp3) is 0.476. The molecular weight excluding hydrogens is 328 g/mol. The van der Waals surface area contributed by atoms with Crippen molar-refractivity contribution >= 4 is 0 Å². The number of nitrogens with zero attached hydrogens (tertiary/aromatic N) is 2. The first-order valence-electron chi connectivity index (χ1n) is 9.17. The van der Waals surface area contributed by atoms with E-state index in [4.69, 9.17) is 9.47 Å². The summed E-state index contributed by atoms with van der Waals surface area (Å²) >= 11 is 0. The molecule has 2 aromatic rings. The Bertz CT molecular complexity index is 781. The topological polar surface area (TPSA) is 54.8 Å². The Balaban J connectivity index is 1.47. The van der Waals surface area contributed by atoms with Gasteiger partial charge in [0, 0.05) is 37.9 Å². The number of pyridine rings is 1. The van der Waals surface area contributed by atoms with E-state index in [1.165, 1.54) is 16.7 Å². The van der Waals surface area contributed by atoms with E-state index >= 15 is 0 Å². The second-order valence-corrected chi connectivity index (χ2v) is 7.54. The Morgan fingerprint density at radius 3 is 3.08 bits per heavy atom. The maximum absolute atomic E-state index is 10.8. The van der Waals surface area contributed by atoms with Crippen molar-refractivity contribution in [2.45, 2.75) is 37.5 Å². The number of hydrogen-bond donors (Lipinski definition) is 1. The van der Waals surface area contributed by atoms with E-state index < -0.39 is 11.7 Å². The van der Waals surface area contributed by atoms with Gasteiger partial charge in [0.15, 0.2) is 0 Å². The maximum atomic E-state index is 10.8. The minimum atomic E-state index is -0.464. The standard InChI is InChI=1S/C21H26N2O3/c1-15-10-22-7-6-17(15)11-23-12-20(24)21(14-23)9-18(13-26-21)16-4-3-5-19(8-16)25-2/h3-8,10,18,20,24H,9,11-14H2,1-2H3/t18-,20-,21-/m1/s1. The Kier molecular flexibility index (Phi) is 4.69. The predicted octanol–water partition coefficient (Wildman–Crippen LogP) is 2.52. The van der Waals surface area contributed by atoms with Crippen LogP contribution in [0.25, 0.3) is 0 Å². The number of methoxy groups -OCH3 is 1. The van der Waals surface area contributed by atoms with Crippen LogP contribution in [0.2, 0.25) is 0 Å². The molecule has 0 bridgehead atoms. The number of rotatable bonds is 4. The van der Waals surface area contributed by atoms with Crippen LogP contribution in [0.4, 0.5) is 0 Å². The third-order valence-electron chi connectivity index (χ3n) is 5.79. The fourth-order valence-electron chi connectivity index (χ4n) is 4.25. The van der Waals surface area contributed by atoms with Gasteiger partial charge in [-0.05, 0) is 48.2 Å². The molecule has 3 atom stereocenters. The fourth-order valence-corrected chi connectivity index (χ4v) is 4.25. The van der Waals surface area contributed by atoms with Crippen LogP contribution in [0.15, 0.2) is 42.7 Å². The Morgan fingerprint density at radius 1 is 1.38 bits per heavy atom. The molecule has 3 heterocycles. The second kappa shape index (κ2) is 6.99. The first-order valence-corrected chi connectivity index (χ1v) is 9.17. The van der Waals surface area contributed by atoms with Crippen LogP contribution in [-0.2, 0) is 11.3 Å². The van der Waals surface area contributed by atoms with Crippen LogP contribution in [-0.4, -0.2) is 53.5 Å². The molecule has 5 heteroatoms. The number of hydrogen-bond acceptors (Lipinski definition) is 5. The van der Waals surface area contributed by atoms with Crippen LogP contribution in [0.3, 0.4) is 0 Å². The van der Waals surface area contributed by atoms with Crippen molar-refractivity contribution in [3.05, 3.63) is 59.4 Å². The molecule has 0 saturated carbocycles. The van der Waals surface area contributed by atoms with E-state index in [0.717, 1.165) is 25.3 Å². The molecule has 0 unspecified atom stereocenters. The summed E-state index contributed by atoms with van der Waals surface area (Å²) in [5, 5.41) is 10.8. The van der Waals surface area contributed by atoms with Crippen molar-refractivity contribution < 1.29 is 14.6 Å². The lowest BCUT2D eigenvalue weighted by Crippen LogP contribution is -2.41. The molecule has 0 aliphatic carbocycles. The lowest BCUT2D eigenvalue weighted by molar-refractivity contribution is -0.0594. The highest BCUT2D eigenvalue weighted by Gasteiger charge is 2.52. The quantitative estimate of drug-likeness (QED) is 0.914. The summed E-state index contributed by atoms with van der Waals surface area (Å²) in [4.78, 5) is 6.45. The van der Waals surface area contributed by atoms with E-state index in [1.54, 1.807) is 7.11 Å². The summed E-state index contributed by atoms with van der Waals surface area (Å²) in [5.41, 5.74) is 3.20. The third-order valence-corrected chi connectivity index (χ3v) is 5.79. The van der Waals surface area contributed by atoms with E-state index in [0.29, 0.717) is 19.1 Å². The van der Waals surface area contributed by atoms with Gasteiger partial charge < -0.3 is 14.6 Å². The zero-order chi connectivity index (χ0) is 18.1. The largest absolute Gasteiger partial charge is 0.497 e. The Labute approximate surface area is 154 Å². The minimum Gasteiger partial charge on any atom is -0.497 e. The van der Waals surface area contributed by atoms with Crippen LogP contribution < -0.4 is 4.74 Å². The molecule has 2 fully saturated rings. The van der Waals surface area contributed by atoms with E-state index in [-0.39, 0.29) is 0 Å². The number of aryl methyl sites for hydroxylation is 1. The summed E-state index contributed by atoms with van der Waals surface area (Å²) in [6.07, 6.45) is 4.10. The predicted molar refractivity (Wildman–Crippen MR) is 99.3 cm³/mol. The van der Waals surface area contributed by atoms with Gasteiger partial charge in [-0.2, -0.15) is 0 Å². The molecular formula is C21H26N2O3. The number of aromatic nitrogens is 1. The number of β-amino-alcohol motifs (C(OH)–C–C–N with tert-alkyl or cyclic N) is 1.